The lowest BCUT2D eigenvalue weighted by Gasteiger charge is -2.29. The molecule has 0 atom stereocenters. The minimum absolute atomic E-state index is 0.0501. The van der Waals surface area contributed by atoms with E-state index < -0.39 is 105 Å². The van der Waals surface area contributed by atoms with E-state index in [9.17, 15) is 52.7 Å². The Kier molecular flexibility index (Phi) is 47.3. The van der Waals surface area contributed by atoms with Crippen LogP contribution in [-0.2, 0) is 37.9 Å². The van der Waals surface area contributed by atoms with Gasteiger partial charge in [-0.15, -0.1) is 0 Å². The molecular formula is C86H155N11O19. The van der Waals surface area contributed by atoms with Crippen LogP contribution in [0.2, 0.25) is 0 Å². The van der Waals surface area contributed by atoms with E-state index >= 15 is 0 Å². The van der Waals surface area contributed by atoms with Crippen molar-refractivity contribution in [2.75, 3.05) is 111 Å². The molecule has 0 saturated carbocycles. The lowest BCUT2D eigenvalue weighted by Crippen LogP contribution is -2.40. The molecule has 0 bridgehead atoms. The minimum Gasteiger partial charge on any atom is -0.444 e. The largest absolute Gasteiger partial charge is 0.444 e. The summed E-state index contributed by atoms with van der Waals surface area (Å²) < 4.78 is 45.3. The number of hydrogen-bond donors (Lipinski definition) is 5. The maximum absolute atomic E-state index is 14.2. The van der Waals surface area contributed by atoms with Crippen molar-refractivity contribution in [3.05, 3.63) is 34.9 Å². The molecular weight excluding hydrogens is 1490 g/mol. The van der Waals surface area contributed by atoms with E-state index in [2.05, 4.69) is 33.5 Å². The number of alkyl carbamates (subject to hydrolysis) is 2. The van der Waals surface area contributed by atoms with Crippen molar-refractivity contribution in [2.24, 2.45) is 0 Å². The Morgan fingerprint density at radius 3 is 0.526 bits per heavy atom. The SMILES string of the molecule is CCCCCN(CCCCN(CCCCNC(=O)c1cc(C(=O)NCCCCN(CCCCN(CCCCNC(=O)OC(C)(C)C)C(=O)OC(C)(C)C)C(=O)OC(C)(C)C)cc(C(=O)NCCCCN(CCCCN(CCCCNC(=O)OC(C)(C)C)C(=O)OC(C)(C)C)C(=O)OC(C)(C)C)c1)C(=O)OC(C)(C)C)C(=O)OC(C)(C)C. The van der Waals surface area contributed by atoms with Crippen LogP contribution in [0.3, 0.4) is 0 Å². The third-order valence-corrected chi connectivity index (χ3v) is 16.4. The molecule has 0 aliphatic heterocycles. The minimum atomic E-state index is -0.786. The molecule has 0 aliphatic rings. The van der Waals surface area contributed by atoms with Gasteiger partial charge in [0.2, 0.25) is 0 Å². The highest BCUT2D eigenvalue weighted by molar-refractivity contribution is 6.04. The molecule has 11 amide bonds. The average molecular weight is 1650 g/mol. The van der Waals surface area contributed by atoms with Crippen molar-refractivity contribution >= 4 is 66.5 Å². The van der Waals surface area contributed by atoms with Gasteiger partial charge in [-0.2, -0.15) is 0 Å². The predicted octanol–water partition coefficient (Wildman–Crippen LogP) is 16.8. The van der Waals surface area contributed by atoms with E-state index in [1.165, 1.54) is 18.2 Å². The van der Waals surface area contributed by atoms with Gasteiger partial charge in [0.25, 0.3) is 17.7 Å². The van der Waals surface area contributed by atoms with Gasteiger partial charge in [0, 0.05) is 128 Å². The third-order valence-electron chi connectivity index (χ3n) is 16.4. The molecule has 30 heteroatoms. The van der Waals surface area contributed by atoms with Gasteiger partial charge >= 0.3 is 48.7 Å². The number of ether oxygens (including phenoxy) is 8. The number of nitrogens with one attached hydrogen (secondary N) is 5. The number of amides is 11. The second-order valence-corrected chi connectivity index (χ2v) is 37.6. The Labute approximate surface area is 696 Å². The molecule has 0 aromatic heterocycles. The smallest absolute Gasteiger partial charge is 0.410 e. The summed E-state index contributed by atoms with van der Waals surface area (Å²) in [5, 5.41) is 14.3. The zero-order valence-corrected chi connectivity index (χ0v) is 76.1. The van der Waals surface area contributed by atoms with Crippen LogP contribution in [0.15, 0.2) is 18.2 Å². The van der Waals surface area contributed by atoms with Gasteiger partial charge in [-0.25, -0.2) is 38.4 Å². The molecule has 116 heavy (non-hydrogen) atoms. The van der Waals surface area contributed by atoms with Crippen molar-refractivity contribution < 1.29 is 90.6 Å². The van der Waals surface area contributed by atoms with Gasteiger partial charge in [-0.05, 0) is 294 Å². The third kappa shape index (κ3) is 54.7. The number of benzene rings is 1. The van der Waals surface area contributed by atoms with E-state index in [4.69, 9.17) is 37.9 Å². The number of hydrogen-bond acceptors (Lipinski definition) is 19. The molecule has 0 spiro atoms. The Morgan fingerprint density at radius 2 is 0.371 bits per heavy atom. The zero-order chi connectivity index (χ0) is 88.3. The summed E-state index contributed by atoms with van der Waals surface area (Å²) in [6.07, 6.45) is 7.46. The van der Waals surface area contributed by atoms with Crippen molar-refractivity contribution in [1.82, 2.24) is 56.0 Å². The van der Waals surface area contributed by atoms with Crippen LogP contribution in [-0.4, -0.2) is 252 Å². The van der Waals surface area contributed by atoms with Crippen molar-refractivity contribution in [1.29, 1.82) is 0 Å². The number of nitrogens with zero attached hydrogens (tertiary/aromatic N) is 6. The molecule has 1 aromatic carbocycles. The predicted molar refractivity (Wildman–Crippen MR) is 452 cm³/mol. The summed E-state index contributed by atoms with van der Waals surface area (Å²) in [5.41, 5.74) is -5.54. The molecule has 0 unspecified atom stereocenters. The first-order valence-corrected chi connectivity index (χ1v) is 42.4. The highest BCUT2D eigenvalue weighted by Crippen LogP contribution is 2.21. The topological polar surface area (TPSA) is 341 Å². The van der Waals surface area contributed by atoms with Crippen molar-refractivity contribution in [3.8, 4) is 0 Å². The molecule has 0 aliphatic carbocycles. The number of rotatable bonds is 47. The molecule has 0 fully saturated rings. The second kappa shape index (κ2) is 51.9. The normalized spacial score (nSPS) is 12.1. The van der Waals surface area contributed by atoms with Crippen LogP contribution in [0, 0.1) is 0 Å². The van der Waals surface area contributed by atoms with E-state index in [-0.39, 0.29) is 55.5 Å². The maximum Gasteiger partial charge on any atom is 0.410 e. The first kappa shape index (κ1) is 106. The molecule has 668 valence electrons. The molecule has 1 aromatic rings. The van der Waals surface area contributed by atoms with Crippen LogP contribution in [0.1, 0.15) is 326 Å². The molecule has 1 rings (SSSR count). The highest BCUT2D eigenvalue weighted by atomic mass is 16.6. The Morgan fingerprint density at radius 1 is 0.224 bits per heavy atom. The Bertz CT molecular complexity index is 2980. The van der Waals surface area contributed by atoms with Crippen molar-refractivity contribution in [2.45, 2.75) is 340 Å². The first-order valence-electron chi connectivity index (χ1n) is 42.4. The van der Waals surface area contributed by atoms with Gasteiger partial charge in [-0.1, -0.05) is 19.8 Å². The molecule has 30 nitrogen and oxygen atoms in total. The maximum atomic E-state index is 14.2. The molecule has 0 radical (unpaired) electrons. The summed E-state index contributed by atoms with van der Waals surface area (Å²) in [4.78, 5) is 158. The molecule has 0 saturated heterocycles. The Balaban J connectivity index is 3.45. The van der Waals surface area contributed by atoms with Crippen LogP contribution in [0.25, 0.3) is 0 Å². The number of carbonyl (C=O) groups is 11. The summed E-state index contributed by atoms with van der Waals surface area (Å²) in [6, 6.07) is 4.27. The van der Waals surface area contributed by atoms with Gasteiger partial charge < -0.3 is 93.9 Å². The van der Waals surface area contributed by atoms with E-state index in [1.54, 1.807) is 175 Å². The van der Waals surface area contributed by atoms with E-state index in [0.717, 1.165) is 19.3 Å². The Hall–Kier alpha value is -8.21. The van der Waals surface area contributed by atoms with Gasteiger partial charge in [-0.3, -0.25) is 14.4 Å². The number of carbonyl (C=O) groups excluding carboxylic acids is 11. The molecule has 0 heterocycles. The summed E-state index contributed by atoms with van der Waals surface area (Å²) in [7, 11) is 0. The van der Waals surface area contributed by atoms with E-state index in [0.29, 0.717) is 181 Å². The number of unbranched alkanes of at least 4 members (excludes halogenated alkanes) is 10. The quantitative estimate of drug-likeness (QED) is 0.0299. The van der Waals surface area contributed by atoms with Crippen LogP contribution >= 0.6 is 0 Å². The van der Waals surface area contributed by atoms with Crippen LogP contribution < -0.4 is 26.6 Å². The van der Waals surface area contributed by atoms with Crippen LogP contribution in [0.5, 0.6) is 0 Å². The van der Waals surface area contributed by atoms with Crippen molar-refractivity contribution in [3.63, 3.8) is 0 Å². The van der Waals surface area contributed by atoms with E-state index in [1.807, 2.05) is 20.8 Å². The van der Waals surface area contributed by atoms with Gasteiger partial charge in [0.1, 0.15) is 44.8 Å². The average Bonchev–Trinajstić information content (AvgIpc) is 0.824. The highest BCUT2D eigenvalue weighted by Gasteiger charge is 2.30. The first-order chi connectivity index (χ1) is 53.5. The lowest BCUT2D eigenvalue weighted by molar-refractivity contribution is 0.0206. The fourth-order valence-electron chi connectivity index (χ4n) is 11.2. The van der Waals surface area contributed by atoms with Crippen LogP contribution in [0.4, 0.5) is 38.4 Å². The summed E-state index contributed by atoms with van der Waals surface area (Å²) >= 11 is 0. The monoisotopic (exact) mass is 1650 g/mol. The van der Waals surface area contributed by atoms with Gasteiger partial charge in [0.05, 0.1) is 0 Å². The van der Waals surface area contributed by atoms with Gasteiger partial charge in [0.15, 0.2) is 0 Å². The fourth-order valence-corrected chi connectivity index (χ4v) is 11.2. The summed E-state index contributed by atoms with van der Waals surface area (Å²) in [6.45, 7) is 50.9. The second-order valence-electron chi connectivity index (χ2n) is 37.6. The lowest BCUT2D eigenvalue weighted by atomic mass is 10.0. The fraction of sp³-hybridized carbons (Fsp3) is 0.802. The standard InChI is InChI=1S/C86H155N11O19/c1-26-27-33-50-92(73(103)111-81(8,9)10)56-39-40-57-93(74(104)112-82(11,12)13)51-34-28-45-87-68(98)65-62-66(69(99)88-46-29-35-52-94(75(105)113-83(14,15)16)58-41-43-60-96(77(107)115-85(20,21)22)54-37-31-48-90-71(101)109-79(2,3)4)64-67(63-65)70(100)89-47-30-36-53-95(76(106)114-84(17,18)19)59-42-44-61-97(78(108)116-86(23,24)25)55-38-32-49-91-72(102)110-80(5,6)7/h62-64H,26-61H2,1-25H3,(H,87,98)(H,88,99)(H,89,100)(H,90,101)(H,91,102). The summed E-state index contributed by atoms with van der Waals surface area (Å²) in [5.74, 6) is -1.64. The molecule has 5 N–H and O–H groups in total. The zero-order valence-electron chi connectivity index (χ0n) is 76.1.